The van der Waals surface area contributed by atoms with Gasteiger partial charge in [-0.05, 0) is 62.4 Å². The molecule has 0 aliphatic heterocycles. The summed E-state index contributed by atoms with van der Waals surface area (Å²) in [6.07, 6.45) is 5.23. The van der Waals surface area contributed by atoms with Crippen molar-refractivity contribution in [3.63, 3.8) is 0 Å². The first kappa shape index (κ1) is 20.7. The molecule has 1 fully saturated rings. The molecular formula is C25H37N. The third kappa shape index (κ3) is 5.20. The molecular weight excluding hydrogens is 314 g/mol. The molecule has 1 nitrogen and oxygen atoms in total. The normalized spacial score (nSPS) is 16.8. The molecule has 0 unspecified atom stereocenters. The number of hydrogen-bond acceptors (Lipinski definition) is 1. The third-order valence-corrected chi connectivity index (χ3v) is 6.12. The fourth-order valence-electron chi connectivity index (χ4n) is 4.18. The van der Waals surface area contributed by atoms with Crippen LogP contribution in [0.15, 0.2) is 60.7 Å². The van der Waals surface area contributed by atoms with E-state index >= 15 is 0 Å². The second kappa shape index (κ2) is 10.5. The van der Waals surface area contributed by atoms with Crippen LogP contribution >= 0.6 is 0 Å². The molecule has 0 heterocycles. The Morgan fingerprint density at radius 3 is 1.42 bits per heavy atom. The molecule has 0 atom stereocenters. The average molecular weight is 352 g/mol. The molecule has 1 aliphatic rings. The molecule has 0 radical (unpaired) electrons. The van der Waals surface area contributed by atoms with Crippen molar-refractivity contribution in [3.8, 4) is 0 Å². The van der Waals surface area contributed by atoms with E-state index in [1.165, 1.54) is 56.4 Å². The Morgan fingerprint density at radius 1 is 0.731 bits per heavy atom. The van der Waals surface area contributed by atoms with Crippen molar-refractivity contribution in [3.05, 3.63) is 71.8 Å². The number of nitrogens with zero attached hydrogens (tertiary/aromatic N) is 1. The maximum Gasteiger partial charge on any atom is 0.0203 e. The Labute approximate surface area is 161 Å². The standard InChI is InChI=1S/C19H22.C6H15N/c1-16-12-14-19(15-13-16,17-8-4-2-5-9-17)18-10-6-3-7-11-18;1-4-7(5-2)6-3/h2-11,16H,12-15H2,1H3;4-6H2,1-3H3. The highest BCUT2D eigenvalue weighted by molar-refractivity contribution is 5.39. The molecule has 1 saturated carbocycles. The van der Waals surface area contributed by atoms with E-state index in [0.29, 0.717) is 0 Å². The number of rotatable bonds is 5. The van der Waals surface area contributed by atoms with Crippen LogP contribution in [0.2, 0.25) is 0 Å². The lowest BCUT2D eigenvalue weighted by molar-refractivity contribution is 0.280. The van der Waals surface area contributed by atoms with E-state index in [4.69, 9.17) is 0 Å². The second-order valence-corrected chi connectivity index (χ2v) is 7.62. The van der Waals surface area contributed by atoms with E-state index in [-0.39, 0.29) is 5.41 Å². The minimum Gasteiger partial charge on any atom is -0.304 e. The summed E-state index contributed by atoms with van der Waals surface area (Å²) in [7, 11) is 0. The maximum absolute atomic E-state index is 2.39. The molecule has 0 amide bonds. The average Bonchev–Trinajstić information content (AvgIpc) is 2.72. The zero-order valence-corrected chi connectivity index (χ0v) is 17.2. The predicted octanol–water partition coefficient (Wildman–Crippen LogP) is 6.53. The van der Waals surface area contributed by atoms with Crippen molar-refractivity contribution in [2.75, 3.05) is 19.6 Å². The number of hydrogen-bond donors (Lipinski definition) is 0. The van der Waals surface area contributed by atoms with Crippen LogP contribution in [-0.2, 0) is 5.41 Å². The maximum atomic E-state index is 2.39. The Hall–Kier alpha value is -1.60. The third-order valence-electron chi connectivity index (χ3n) is 6.12. The summed E-state index contributed by atoms with van der Waals surface area (Å²) in [5.74, 6) is 0.876. The van der Waals surface area contributed by atoms with E-state index in [9.17, 15) is 0 Å². The van der Waals surface area contributed by atoms with Gasteiger partial charge in [-0.25, -0.2) is 0 Å². The van der Waals surface area contributed by atoms with E-state index in [1.807, 2.05) is 0 Å². The highest BCUT2D eigenvalue weighted by Crippen LogP contribution is 2.46. The SMILES string of the molecule is CC1CCC(c2ccccc2)(c2ccccc2)CC1.CCN(CC)CC. The Morgan fingerprint density at radius 2 is 1.12 bits per heavy atom. The molecule has 142 valence electrons. The predicted molar refractivity (Wildman–Crippen MR) is 115 cm³/mol. The quantitative estimate of drug-likeness (QED) is 0.592. The molecule has 0 N–H and O–H groups in total. The first-order chi connectivity index (χ1) is 12.7. The van der Waals surface area contributed by atoms with Gasteiger partial charge >= 0.3 is 0 Å². The van der Waals surface area contributed by atoms with Gasteiger partial charge in [0.1, 0.15) is 0 Å². The van der Waals surface area contributed by atoms with Crippen molar-refractivity contribution >= 4 is 0 Å². The van der Waals surface area contributed by atoms with Crippen molar-refractivity contribution < 1.29 is 0 Å². The van der Waals surface area contributed by atoms with Crippen LogP contribution in [-0.4, -0.2) is 24.5 Å². The Bertz CT molecular complexity index is 546. The van der Waals surface area contributed by atoms with Crippen molar-refractivity contribution in [2.24, 2.45) is 5.92 Å². The van der Waals surface area contributed by atoms with Crippen LogP contribution in [0.25, 0.3) is 0 Å². The van der Waals surface area contributed by atoms with Gasteiger partial charge in [0.05, 0.1) is 0 Å². The lowest BCUT2D eigenvalue weighted by Crippen LogP contribution is -2.32. The molecule has 0 aromatic heterocycles. The van der Waals surface area contributed by atoms with Crippen molar-refractivity contribution in [2.45, 2.75) is 58.8 Å². The molecule has 1 aliphatic carbocycles. The van der Waals surface area contributed by atoms with E-state index in [1.54, 1.807) is 0 Å². The zero-order chi connectivity index (χ0) is 18.8. The van der Waals surface area contributed by atoms with Gasteiger partial charge in [0.2, 0.25) is 0 Å². The molecule has 3 rings (SSSR count). The van der Waals surface area contributed by atoms with Gasteiger partial charge in [-0.1, -0.05) is 88.4 Å². The smallest absolute Gasteiger partial charge is 0.0203 e. The lowest BCUT2D eigenvalue weighted by Gasteiger charge is -2.40. The van der Waals surface area contributed by atoms with Gasteiger partial charge in [0.15, 0.2) is 0 Å². The fraction of sp³-hybridized carbons (Fsp3) is 0.520. The first-order valence-corrected chi connectivity index (χ1v) is 10.5. The van der Waals surface area contributed by atoms with E-state index < -0.39 is 0 Å². The molecule has 1 heteroatoms. The summed E-state index contributed by atoms with van der Waals surface area (Å²) in [6.45, 7) is 12.5. The molecule has 0 bridgehead atoms. The molecule has 0 saturated heterocycles. The molecule has 2 aromatic carbocycles. The summed E-state index contributed by atoms with van der Waals surface area (Å²) >= 11 is 0. The molecule has 2 aromatic rings. The largest absolute Gasteiger partial charge is 0.304 e. The van der Waals surface area contributed by atoms with Crippen LogP contribution < -0.4 is 0 Å². The van der Waals surface area contributed by atoms with Gasteiger partial charge in [0.25, 0.3) is 0 Å². The van der Waals surface area contributed by atoms with Gasteiger partial charge in [-0.15, -0.1) is 0 Å². The lowest BCUT2D eigenvalue weighted by atomic mass is 9.63. The summed E-state index contributed by atoms with van der Waals surface area (Å²) < 4.78 is 0. The highest BCUT2D eigenvalue weighted by atomic mass is 15.1. The monoisotopic (exact) mass is 351 g/mol. The van der Waals surface area contributed by atoms with Crippen LogP contribution in [0.4, 0.5) is 0 Å². The summed E-state index contributed by atoms with van der Waals surface area (Å²) in [6, 6.07) is 22.2. The summed E-state index contributed by atoms with van der Waals surface area (Å²) in [5, 5.41) is 0. The highest BCUT2D eigenvalue weighted by Gasteiger charge is 2.37. The van der Waals surface area contributed by atoms with Gasteiger partial charge < -0.3 is 4.90 Å². The van der Waals surface area contributed by atoms with Crippen LogP contribution in [0.1, 0.15) is 64.5 Å². The van der Waals surface area contributed by atoms with Crippen molar-refractivity contribution in [1.29, 1.82) is 0 Å². The first-order valence-electron chi connectivity index (χ1n) is 10.5. The Balaban J connectivity index is 0.000000298. The topological polar surface area (TPSA) is 3.24 Å². The van der Waals surface area contributed by atoms with Gasteiger partial charge in [-0.2, -0.15) is 0 Å². The Kier molecular flexibility index (Phi) is 8.38. The van der Waals surface area contributed by atoms with E-state index in [0.717, 1.165) is 5.92 Å². The number of benzene rings is 2. The fourth-order valence-corrected chi connectivity index (χ4v) is 4.18. The zero-order valence-electron chi connectivity index (χ0n) is 17.2. The van der Waals surface area contributed by atoms with Gasteiger partial charge in [0, 0.05) is 5.41 Å². The summed E-state index contributed by atoms with van der Waals surface area (Å²) in [5.41, 5.74) is 3.23. The minimum absolute atomic E-state index is 0.245. The van der Waals surface area contributed by atoms with Crippen LogP contribution in [0.5, 0.6) is 0 Å². The molecule has 26 heavy (non-hydrogen) atoms. The van der Waals surface area contributed by atoms with Gasteiger partial charge in [-0.3, -0.25) is 0 Å². The van der Waals surface area contributed by atoms with Crippen LogP contribution in [0.3, 0.4) is 0 Å². The van der Waals surface area contributed by atoms with Crippen molar-refractivity contribution in [1.82, 2.24) is 4.90 Å². The van der Waals surface area contributed by atoms with Crippen LogP contribution in [0, 0.1) is 5.92 Å². The molecule has 0 spiro atoms. The minimum atomic E-state index is 0.245. The summed E-state index contributed by atoms with van der Waals surface area (Å²) in [4.78, 5) is 2.38. The second-order valence-electron chi connectivity index (χ2n) is 7.62. The van der Waals surface area contributed by atoms with E-state index in [2.05, 4.69) is 93.3 Å².